The quantitative estimate of drug-likeness (QED) is 0.671. The summed E-state index contributed by atoms with van der Waals surface area (Å²) in [5.41, 5.74) is 3.57. The summed E-state index contributed by atoms with van der Waals surface area (Å²) in [6, 6.07) is 13.4. The van der Waals surface area contributed by atoms with E-state index in [1.807, 2.05) is 42.5 Å². The lowest BCUT2D eigenvalue weighted by Crippen LogP contribution is -2.01. The third-order valence-corrected chi connectivity index (χ3v) is 3.17. The van der Waals surface area contributed by atoms with Gasteiger partial charge < -0.3 is 15.2 Å². The molecule has 2 heterocycles. The summed E-state index contributed by atoms with van der Waals surface area (Å²) < 4.78 is 0. The Morgan fingerprint density at radius 1 is 1.16 bits per heavy atom. The number of aliphatic hydroxyl groups is 2. The largest absolute Gasteiger partial charge is 0.393 e. The molecule has 3 rings (SSSR count). The van der Waals surface area contributed by atoms with Crippen molar-refractivity contribution in [2.75, 3.05) is 6.61 Å². The highest BCUT2D eigenvalue weighted by Gasteiger charge is 2.07. The average Bonchev–Trinajstić information content (AvgIpc) is 2.90. The lowest BCUT2D eigenvalue weighted by molar-refractivity contribution is 0.0956. The van der Waals surface area contributed by atoms with Crippen LogP contribution in [0.15, 0.2) is 48.7 Å². The van der Waals surface area contributed by atoms with Crippen LogP contribution in [0.25, 0.3) is 22.3 Å². The van der Waals surface area contributed by atoms with Crippen molar-refractivity contribution in [1.82, 2.24) is 9.97 Å². The number of H-pyrrole nitrogens is 1. The second-order valence-electron chi connectivity index (χ2n) is 4.44. The number of benzene rings is 1. The summed E-state index contributed by atoms with van der Waals surface area (Å²) in [6.45, 7) is -0.268. The summed E-state index contributed by atoms with van der Waals surface area (Å²) in [7, 11) is 0. The van der Waals surface area contributed by atoms with E-state index in [1.54, 1.807) is 6.20 Å². The minimum absolute atomic E-state index is 0.268. The number of hydrogen-bond acceptors (Lipinski definition) is 3. The number of aliphatic hydroxyl groups excluding tert-OH is 2. The maximum atomic E-state index is 9.54. The van der Waals surface area contributed by atoms with Gasteiger partial charge in [-0.25, -0.2) is 4.98 Å². The van der Waals surface area contributed by atoms with Gasteiger partial charge in [0.05, 0.1) is 6.61 Å². The standard InChI is InChI=1S/C15H14N2O2/c18-9-14(19)11-5-3-10(4-6-11)13-8-12-2-1-7-16-15(12)17-13/h1-8,14,18-19H,9H2,(H,16,17). The van der Waals surface area contributed by atoms with Crippen LogP contribution in [0.3, 0.4) is 0 Å². The van der Waals surface area contributed by atoms with E-state index in [9.17, 15) is 5.11 Å². The van der Waals surface area contributed by atoms with E-state index in [0.29, 0.717) is 5.56 Å². The van der Waals surface area contributed by atoms with E-state index in [-0.39, 0.29) is 6.61 Å². The number of pyridine rings is 1. The van der Waals surface area contributed by atoms with Gasteiger partial charge in [-0.1, -0.05) is 24.3 Å². The first-order chi connectivity index (χ1) is 9.28. The Bertz CT molecular complexity index is 656. The molecule has 0 saturated heterocycles. The number of aromatic nitrogens is 2. The van der Waals surface area contributed by atoms with Crippen LogP contribution >= 0.6 is 0 Å². The molecule has 0 fully saturated rings. The topological polar surface area (TPSA) is 69.1 Å². The molecule has 0 radical (unpaired) electrons. The second-order valence-corrected chi connectivity index (χ2v) is 4.44. The molecular weight excluding hydrogens is 240 g/mol. The summed E-state index contributed by atoms with van der Waals surface area (Å²) in [6.07, 6.45) is 0.932. The summed E-state index contributed by atoms with van der Waals surface area (Å²) in [5.74, 6) is 0. The zero-order valence-electron chi connectivity index (χ0n) is 10.2. The average molecular weight is 254 g/mol. The van der Waals surface area contributed by atoms with Gasteiger partial charge in [0.1, 0.15) is 11.8 Å². The van der Waals surface area contributed by atoms with Gasteiger partial charge in [-0.3, -0.25) is 0 Å². The highest BCUT2D eigenvalue weighted by molar-refractivity contribution is 5.82. The number of aromatic amines is 1. The van der Waals surface area contributed by atoms with E-state index >= 15 is 0 Å². The van der Waals surface area contributed by atoms with Gasteiger partial charge in [0, 0.05) is 17.3 Å². The molecule has 0 saturated carbocycles. The fourth-order valence-electron chi connectivity index (χ4n) is 2.10. The Kier molecular flexibility index (Phi) is 3.03. The van der Waals surface area contributed by atoms with Gasteiger partial charge in [0.15, 0.2) is 0 Å². The van der Waals surface area contributed by atoms with Crippen molar-refractivity contribution in [3.63, 3.8) is 0 Å². The molecule has 0 bridgehead atoms. The summed E-state index contributed by atoms with van der Waals surface area (Å²) in [5, 5.41) is 19.5. The van der Waals surface area contributed by atoms with Crippen LogP contribution in [0.2, 0.25) is 0 Å². The maximum Gasteiger partial charge on any atom is 0.137 e. The van der Waals surface area contributed by atoms with Gasteiger partial charge in [-0.2, -0.15) is 0 Å². The molecule has 96 valence electrons. The van der Waals surface area contributed by atoms with E-state index in [4.69, 9.17) is 5.11 Å². The molecule has 0 spiro atoms. The van der Waals surface area contributed by atoms with E-state index in [0.717, 1.165) is 22.3 Å². The molecule has 2 aromatic heterocycles. The minimum atomic E-state index is -0.821. The smallest absolute Gasteiger partial charge is 0.137 e. The van der Waals surface area contributed by atoms with Crippen molar-refractivity contribution < 1.29 is 10.2 Å². The van der Waals surface area contributed by atoms with Crippen LogP contribution in [0, 0.1) is 0 Å². The van der Waals surface area contributed by atoms with Gasteiger partial charge in [-0.15, -0.1) is 0 Å². The van der Waals surface area contributed by atoms with Gasteiger partial charge in [0.25, 0.3) is 0 Å². The number of nitrogens with zero attached hydrogens (tertiary/aromatic N) is 1. The number of fused-ring (bicyclic) bond motifs is 1. The molecule has 1 aromatic carbocycles. The monoisotopic (exact) mass is 254 g/mol. The van der Waals surface area contributed by atoms with Crippen LogP contribution in [0.4, 0.5) is 0 Å². The molecule has 0 amide bonds. The lowest BCUT2D eigenvalue weighted by atomic mass is 10.1. The molecule has 0 aliphatic heterocycles. The van der Waals surface area contributed by atoms with Crippen LogP contribution in [-0.4, -0.2) is 26.8 Å². The summed E-state index contributed by atoms with van der Waals surface area (Å²) in [4.78, 5) is 7.51. The molecule has 4 heteroatoms. The van der Waals surface area contributed by atoms with Crippen molar-refractivity contribution in [1.29, 1.82) is 0 Å². The fraction of sp³-hybridized carbons (Fsp3) is 0.133. The zero-order valence-corrected chi connectivity index (χ0v) is 10.2. The Morgan fingerprint density at radius 3 is 2.63 bits per heavy atom. The molecule has 1 unspecified atom stereocenters. The lowest BCUT2D eigenvalue weighted by Gasteiger charge is -2.07. The zero-order chi connectivity index (χ0) is 13.2. The molecule has 3 N–H and O–H groups in total. The Hall–Kier alpha value is -2.17. The van der Waals surface area contributed by atoms with Crippen molar-refractivity contribution in [3.05, 3.63) is 54.2 Å². The third kappa shape index (κ3) is 2.23. The van der Waals surface area contributed by atoms with Crippen molar-refractivity contribution in [3.8, 4) is 11.3 Å². The van der Waals surface area contributed by atoms with Gasteiger partial charge in [0.2, 0.25) is 0 Å². The van der Waals surface area contributed by atoms with Crippen molar-refractivity contribution >= 4 is 11.0 Å². The first-order valence-corrected chi connectivity index (χ1v) is 6.11. The van der Waals surface area contributed by atoms with Crippen LogP contribution in [0.1, 0.15) is 11.7 Å². The van der Waals surface area contributed by atoms with Crippen molar-refractivity contribution in [2.45, 2.75) is 6.10 Å². The van der Waals surface area contributed by atoms with E-state index in [1.165, 1.54) is 0 Å². The molecular formula is C15H14N2O2. The molecule has 0 aliphatic carbocycles. The van der Waals surface area contributed by atoms with E-state index < -0.39 is 6.10 Å². The van der Waals surface area contributed by atoms with E-state index in [2.05, 4.69) is 9.97 Å². The maximum absolute atomic E-state index is 9.54. The number of hydrogen-bond donors (Lipinski definition) is 3. The molecule has 4 nitrogen and oxygen atoms in total. The van der Waals surface area contributed by atoms with Crippen LogP contribution < -0.4 is 0 Å². The molecule has 0 aliphatic rings. The molecule has 1 atom stereocenters. The number of nitrogens with one attached hydrogen (secondary N) is 1. The van der Waals surface area contributed by atoms with Crippen LogP contribution in [0.5, 0.6) is 0 Å². The normalized spacial score (nSPS) is 12.7. The third-order valence-electron chi connectivity index (χ3n) is 3.17. The fourth-order valence-corrected chi connectivity index (χ4v) is 2.10. The summed E-state index contributed by atoms with van der Waals surface area (Å²) >= 11 is 0. The highest BCUT2D eigenvalue weighted by atomic mass is 16.3. The first-order valence-electron chi connectivity index (χ1n) is 6.11. The van der Waals surface area contributed by atoms with Crippen LogP contribution in [-0.2, 0) is 0 Å². The van der Waals surface area contributed by atoms with Crippen molar-refractivity contribution in [2.24, 2.45) is 0 Å². The second kappa shape index (κ2) is 4.84. The SMILES string of the molecule is OCC(O)c1ccc(-c2cc3cccnc3[nH]2)cc1. The minimum Gasteiger partial charge on any atom is -0.393 e. The Balaban J connectivity index is 1.97. The predicted octanol–water partition coefficient (Wildman–Crippen LogP) is 2.26. The first kappa shape index (κ1) is 11.9. The molecule has 3 aromatic rings. The van der Waals surface area contributed by atoms with Gasteiger partial charge in [-0.05, 0) is 29.3 Å². The Labute approximate surface area is 110 Å². The highest BCUT2D eigenvalue weighted by Crippen LogP contribution is 2.24. The predicted molar refractivity (Wildman–Crippen MR) is 73.6 cm³/mol. The number of rotatable bonds is 3. The Morgan fingerprint density at radius 2 is 1.95 bits per heavy atom. The van der Waals surface area contributed by atoms with Gasteiger partial charge >= 0.3 is 0 Å². The molecule has 19 heavy (non-hydrogen) atoms.